The Morgan fingerprint density at radius 2 is 1.92 bits per heavy atom. The number of hydrogen-bond acceptors (Lipinski definition) is 6. The summed E-state index contributed by atoms with van der Waals surface area (Å²) in [6.07, 6.45) is -7.65. The lowest BCUT2D eigenvalue weighted by molar-refractivity contribution is -0.143. The predicted octanol–water partition coefficient (Wildman–Crippen LogP) is 4.60. The molecule has 8 nitrogen and oxygen atoms in total. The highest BCUT2D eigenvalue weighted by molar-refractivity contribution is 5.40. The Kier molecular flexibility index (Phi) is 5.88. The van der Waals surface area contributed by atoms with Crippen LogP contribution in [0.3, 0.4) is 0 Å². The van der Waals surface area contributed by atoms with Gasteiger partial charge in [-0.1, -0.05) is 6.07 Å². The topological polar surface area (TPSA) is 97.9 Å². The van der Waals surface area contributed by atoms with Crippen LogP contribution in [0.25, 0.3) is 0 Å². The van der Waals surface area contributed by atoms with Gasteiger partial charge in [-0.25, -0.2) is 4.68 Å². The number of rotatable bonds is 5. The van der Waals surface area contributed by atoms with Crippen molar-refractivity contribution in [1.82, 2.24) is 25.0 Å². The number of anilines is 1. The SMILES string of the molecule is Cc1cc(C2C3CCC(CN2c2nc(Oc4cccc(C(F)(F)F)c4)n(CC(F)(F)F)n2)C3N)n[nH]1. The molecular formula is C22H23F6N7O. The molecule has 1 saturated heterocycles. The molecule has 3 heterocycles. The van der Waals surface area contributed by atoms with Gasteiger partial charge in [-0.3, -0.25) is 5.10 Å². The Morgan fingerprint density at radius 3 is 2.58 bits per heavy atom. The number of aromatic amines is 1. The Hall–Kier alpha value is -3.29. The fourth-order valence-corrected chi connectivity index (χ4v) is 5.12. The van der Waals surface area contributed by atoms with Gasteiger partial charge in [0.1, 0.15) is 12.3 Å². The van der Waals surface area contributed by atoms with E-state index in [1.807, 2.05) is 13.0 Å². The largest absolute Gasteiger partial charge is 0.424 e. The molecule has 3 N–H and O–H groups in total. The molecule has 3 aromatic rings. The average molecular weight is 515 g/mol. The second-order valence-corrected chi connectivity index (χ2v) is 9.25. The first-order valence-electron chi connectivity index (χ1n) is 11.3. The predicted molar refractivity (Wildman–Crippen MR) is 115 cm³/mol. The van der Waals surface area contributed by atoms with Gasteiger partial charge >= 0.3 is 18.4 Å². The zero-order valence-corrected chi connectivity index (χ0v) is 19.0. The van der Waals surface area contributed by atoms with Crippen LogP contribution in [0, 0.1) is 18.8 Å². The number of fused-ring (bicyclic) bond motifs is 2. The minimum Gasteiger partial charge on any atom is -0.424 e. The molecule has 1 aliphatic heterocycles. The minimum absolute atomic E-state index is 0.0196. The maximum Gasteiger partial charge on any atom is 0.416 e. The second kappa shape index (κ2) is 8.68. The van der Waals surface area contributed by atoms with Crippen LogP contribution in [0.5, 0.6) is 11.8 Å². The first-order chi connectivity index (χ1) is 16.9. The van der Waals surface area contributed by atoms with E-state index in [-0.39, 0.29) is 35.6 Å². The number of nitrogens with one attached hydrogen (secondary N) is 1. The van der Waals surface area contributed by atoms with Crippen molar-refractivity contribution in [3.63, 3.8) is 0 Å². The Labute approximate surface area is 201 Å². The number of halogens is 6. The molecule has 2 aliphatic rings. The fraction of sp³-hybridized carbons (Fsp3) is 0.500. The van der Waals surface area contributed by atoms with E-state index >= 15 is 0 Å². The van der Waals surface area contributed by atoms with Gasteiger partial charge in [0.25, 0.3) is 0 Å². The molecule has 2 aromatic heterocycles. The molecule has 5 rings (SSSR count). The monoisotopic (exact) mass is 515 g/mol. The summed E-state index contributed by atoms with van der Waals surface area (Å²) in [7, 11) is 0. The Morgan fingerprint density at radius 1 is 1.14 bits per heavy atom. The van der Waals surface area contributed by atoms with Crippen LogP contribution in [0.15, 0.2) is 30.3 Å². The Balaban J connectivity index is 1.53. The molecule has 0 radical (unpaired) electrons. The molecule has 1 aliphatic carbocycles. The van der Waals surface area contributed by atoms with Crippen LogP contribution in [0.4, 0.5) is 32.3 Å². The highest BCUT2D eigenvalue weighted by atomic mass is 19.4. The zero-order valence-electron chi connectivity index (χ0n) is 19.0. The summed E-state index contributed by atoms with van der Waals surface area (Å²) in [6, 6.07) is 4.62. The number of H-pyrrole nitrogens is 1. The lowest BCUT2D eigenvalue weighted by Gasteiger charge is -2.42. The smallest absolute Gasteiger partial charge is 0.416 e. The normalized spacial score (nSPS) is 24.4. The van der Waals surface area contributed by atoms with Crippen molar-refractivity contribution < 1.29 is 31.1 Å². The van der Waals surface area contributed by atoms with Gasteiger partial charge < -0.3 is 15.4 Å². The van der Waals surface area contributed by atoms with E-state index in [2.05, 4.69) is 20.3 Å². The van der Waals surface area contributed by atoms with Crippen LogP contribution in [0.2, 0.25) is 0 Å². The molecule has 0 amide bonds. The van der Waals surface area contributed by atoms with Crippen LogP contribution in [0.1, 0.15) is 35.8 Å². The number of aromatic nitrogens is 5. The molecule has 194 valence electrons. The first kappa shape index (κ1) is 24.4. The summed E-state index contributed by atoms with van der Waals surface area (Å²) in [5, 5.41) is 11.3. The lowest BCUT2D eigenvalue weighted by Crippen LogP contribution is -2.51. The van der Waals surface area contributed by atoms with Gasteiger partial charge in [0, 0.05) is 24.2 Å². The third-order valence-electron chi connectivity index (χ3n) is 6.69. The molecule has 1 saturated carbocycles. The van der Waals surface area contributed by atoms with Crippen LogP contribution in [-0.2, 0) is 12.7 Å². The number of nitrogens with two attached hydrogens (primary N) is 1. The molecule has 14 heteroatoms. The number of nitrogens with zero attached hydrogens (tertiary/aromatic N) is 5. The van der Waals surface area contributed by atoms with Crippen molar-refractivity contribution in [1.29, 1.82) is 0 Å². The molecule has 4 atom stereocenters. The summed E-state index contributed by atoms with van der Waals surface area (Å²) < 4.78 is 85.2. The number of alkyl halides is 6. The third-order valence-corrected chi connectivity index (χ3v) is 6.69. The van der Waals surface area contributed by atoms with Crippen molar-refractivity contribution in [3.05, 3.63) is 47.3 Å². The zero-order chi connectivity index (χ0) is 25.8. The van der Waals surface area contributed by atoms with E-state index in [1.54, 1.807) is 4.90 Å². The van der Waals surface area contributed by atoms with E-state index < -0.39 is 30.5 Å². The number of benzene rings is 1. The van der Waals surface area contributed by atoms with Gasteiger partial charge in [-0.05, 0) is 49.9 Å². The van der Waals surface area contributed by atoms with Crippen LogP contribution < -0.4 is 15.4 Å². The molecule has 0 spiro atoms. The van der Waals surface area contributed by atoms with Crippen molar-refractivity contribution in [2.75, 3.05) is 11.4 Å². The summed E-state index contributed by atoms with van der Waals surface area (Å²) in [5.74, 6) is -0.273. The van der Waals surface area contributed by atoms with Crippen molar-refractivity contribution in [3.8, 4) is 11.8 Å². The summed E-state index contributed by atoms with van der Waals surface area (Å²) >= 11 is 0. The van der Waals surface area contributed by atoms with Crippen molar-refractivity contribution in [2.24, 2.45) is 17.6 Å². The quantitative estimate of drug-likeness (QED) is 0.482. The molecule has 1 aromatic carbocycles. The van der Waals surface area contributed by atoms with Gasteiger partial charge in [0.05, 0.1) is 17.3 Å². The molecule has 4 unspecified atom stereocenters. The molecular weight excluding hydrogens is 492 g/mol. The van der Waals surface area contributed by atoms with Crippen LogP contribution >= 0.6 is 0 Å². The van der Waals surface area contributed by atoms with E-state index in [1.165, 1.54) is 6.07 Å². The number of piperidine rings is 1. The third kappa shape index (κ3) is 4.73. The van der Waals surface area contributed by atoms with Gasteiger partial charge in [0.15, 0.2) is 0 Å². The number of aryl methyl sites for hydroxylation is 1. The summed E-state index contributed by atoms with van der Waals surface area (Å²) in [6.45, 7) is 0.701. The van der Waals surface area contributed by atoms with Crippen molar-refractivity contribution in [2.45, 2.75) is 50.7 Å². The Bertz CT molecular complexity index is 1240. The standard InChI is InChI=1S/C22H23F6N7O/c1-11-7-16(32-31-11)18-15-6-5-12(17(15)29)9-34(18)19-30-20(35(33-19)10-21(23,24)25)36-14-4-2-3-13(8-14)22(26,27)28/h2-4,7-8,12,15,17-18H,5-6,9-10,29H2,1H3,(H,31,32). The average Bonchev–Trinajstić information content (AvgIpc) is 3.43. The maximum atomic E-state index is 13.3. The highest BCUT2D eigenvalue weighted by Gasteiger charge is 2.49. The number of hydrogen-bond donors (Lipinski definition) is 2. The second-order valence-electron chi connectivity index (χ2n) is 9.25. The maximum absolute atomic E-state index is 13.3. The van der Waals surface area contributed by atoms with E-state index in [0.717, 1.165) is 30.7 Å². The first-order valence-corrected chi connectivity index (χ1v) is 11.3. The van der Waals surface area contributed by atoms with E-state index in [0.29, 0.717) is 23.0 Å². The molecule has 36 heavy (non-hydrogen) atoms. The van der Waals surface area contributed by atoms with Gasteiger partial charge in [-0.2, -0.15) is 36.4 Å². The molecule has 2 fully saturated rings. The highest BCUT2D eigenvalue weighted by Crippen LogP contribution is 2.48. The number of ether oxygens (including phenoxy) is 1. The van der Waals surface area contributed by atoms with Gasteiger partial charge in [0.2, 0.25) is 5.95 Å². The van der Waals surface area contributed by atoms with Crippen molar-refractivity contribution >= 4 is 5.95 Å². The van der Waals surface area contributed by atoms with E-state index in [9.17, 15) is 26.3 Å². The van der Waals surface area contributed by atoms with Crippen LogP contribution in [-0.4, -0.2) is 43.7 Å². The summed E-state index contributed by atoms with van der Waals surface area (Å²) in [4.78, 5) is 5.98. The lowest BCUT2D eigenvalue weighted by atomic mass is 9.84. The summed E-state index contributed by atoms with van der Waals surface area (Å²) in [5.41, 5.74) is 6.93. The van der Waals surface area contributed by atoms with Gasteiger partial charge in [-0.15, -0.1) is 5.10 Å². The molecule has 2 bridgehead atoms. The minimum atomic E-state index is -4.67. The van der Waals surface area contributed by atoms with E-state index in [4.69, 9.17) is 10.5 Å². The fourth-order valence-electron chi connectivity index (χ4n) is 5.12.